The minimum absolute atomic E-state index is 0. The Labute approximate surface area is 110 Å². The van der Waals surface area contributed by atoms with Crippen LogP contribution in [0.5, 0.6) is 0 Å². The molecule has 0 aliphatic carbocycles. The molecule has 1 aliphatic rings. The first kappa shape index (κ1) is 14.9. The van der Waals surface area contributed by atoms with Crippen molar-refractivity contribution in [1.29, 1.82) is 0 Å². The molecule has 2 N–H and O–H groups in total. The molecule has 2 rings (SSSR count). The van der Waals surface area contributed by atoms with Gasteiger partial charge in [-0.15, -0.1) is 12.4 Å². The second-order valence-electron chi connectivity index (χ2n) is 4.11. The number of amides is 1. The number of hydrogen-bond acceptors (Lipinski definition) is 2. The summed E-state index contributed by atoms with van der Waals surface area (Å²) in [5, 5.41) is 5.75. The van der Waals surface area contributed by atoms with Crippen molar-refractivity contribution in [3.63, 3.8) is 0 Å². The Balaban J connectivity index is 0.00000162. The summed E-state index contributed by atoms with van der Waals surface area (Å²) in [6, 6.07) is 3.34. The number of rotatable bonds is 2. The van der Waals surface area contributed by atoms with Crippen LogP contribution in [0, 0.1) is 11.6 Å². The summed E-state index contributed by atoms with van der Waals surface area (Å²) < 4.78 is 26.7. The van der Waals surface area contributed by atoms with Crippen LogP contribution >= 0.6 is 12.4 Å². The van der Waals surface area contributed by atoms with Crippen molar-refractivity contribution in [1.82, 2.24) is 10.6 Å². The average Bonchev–Trinajstić information content (AvgIpc) is 2.30. The number of halogens is 3. The molecule has 100 valence electrons. The Morgan fingerprint density at radius 2 is 2.00 bits per heavy atom. The normalized spacial score (nSPS) is 18.9. The van der Waals surface area contributed by atoms with E-state index in [0.29, 0.717) is 6.54 Å². The maximum atomic E-state index is 13.3. The van der Waals surface area contributed by atoms with Gasteiger partial charge in [-0.25, -0.2) is 8.78 Å². The van der Waals surface area contributed by atoms with Crippen LogP contribution in [0.2, 0.25) is 0 Å². The molecule has 1 aromatic carbocycles. The van der Waals surface area contributed by atoms with Gasteiger partial charge in [-0.05, 0) is 31.5 Å². The van der Waals surface area contributed by atoms with Gasteiger partial charge in [-0.2, -0.15) is 0 Å². The fourth-order valence-corrected chi connectivity index (χ4v) is 1.95. The highest BCUT2D eigenvalue weighted by Gasteiger charge is 2.21. The van der Waals surface area contributed by atoms with E-state index in [2.05, 4.69) is 10.6 Å². The smallest absolute Gasteiger partial charge is 0.257 e. The topological polar surface area (TPSA) is 41.1 Å². The Bertz CT molecular complexity index is 402. The van der Waals surface area contributed by atoms with Gasteiger partial charge >= 0.3 is 0 Å². The van der Waals surface area contributed by atoms with Crippen LogP contribution in [0.1, 0.15) is 23.2 Å². The van der Waals surface area contributed by atoms with Gasteiger partial charge in [0.15, 0.2) is 0 Å². The summed E-state index contributed by atoms with van der Waals surface area (Å²) in [4.78, 5) is 11.7. The molecule has 1 atom stereocenters. The molecule has 1 aromatic rings. The standard InChI is InChI=1S/C12H14F2N2O.ClH/c13-9-4-1-5-10(14)11(9)12(17)16-8-3-2-6-15-7-8;/h1,4-5,8,15H,2-3,6-7H2,(H,16,17);1H. The van der Waals surface area contributed by atoms with Crippen molar-refractivity contribution in [3.8, 4) is 0 Å². The third-order valence-corrected chi connectivity index (χ3v) is 2.82. The summed E-state index contributed by atoms with van der Waals surface area (Å²) in [7, 11) is 0. The molecule has 1 heterocycles. The molecular weight excluding hydrogens is 262 g/mol. The Kier molecular flexibility index (Phi) is 5.50. The number of carbonyl (C=O) groups excluding carboxylic acids is 1. The third kappa shape index (κ3) is 3.40. The maximum absolute atomic E-state index is 13.3. The fraction of sp³-hybridized carbons (Fsp3) is 0.417. The molecule has 1 unspecified atom stereocenters. The van der Waals surface area contributed by atoms with E-state index >= 15 is 0 Å². The second-order valence-corrected chi connectivity index (χ2v) is 4.11. The first-order valence-electron chi connectivity index (χ1n) is 5.64. The largest absolute Gasteiger partial charge is 0.348 e. The van der Waals surface area contributed by atoms with Crippen LogP contribution in [-0.2, 0) is 0 Å². The summed E-state index contributed by atoms with van der Waals surface area (Å²) >= 11 is 0. The number of hydrogen-bond donors (Lipinski definition) is 2. The van der Waals surface area contributed by atoms with Gasteiger partial charge in [-0.1, -0.05) is 6.07 Å². The van der Waals surface area contributed by atoms with Crippen molar-refractivity contribution < 1.29 is 13.6 Å². The molecule has 0 spiro atoms. The van der Waals surface area contributed by atoms with Crippen LogP contribution in [0.25, 0.3) is 0 Å². The Morgan fingerprint density at radius 3 is 2.56 bits per heavy atom. The highest BCUT2D eigenvalue weighted by Crippen LogP contribution is 2.12. The second kappa shape index (κ2) is 6.66. The number of piperidine rings is 1. The SMILES string of the molecule is Cl.O=C(NC1CCCNC1)c1c(F)cccc1F. The fourth-order valence-electron chi connectivity index (χ4n) is 1.95. The molecule has 6 heteroatoms. The van der Waals surface area contributed by atoms with E-state index in [0.717, 1.165) is 31.5 Å². The van der Waals surface area contributed by atoms with E-state index in [-0.39, 0.29) is 18.4 Å². The first-order chi connectivity index (χ1) is 8.18. The number of carbonyl (C=O) groups is 1. The first-order valence-corrected chi connectivity index (χ1v) is 5.64. The molecule has 1 saturated heterocycles. The minimum atomic E-state index is -0.828. The number of benzene rings is 1. The van der Waals surface area contributed by atoms with Crippen LogP contribution in [0.4, 0.5) is 8.78 Å². The minimum Gasteiger partial charge on any atom is -0.348 e. The lowest BCUT2D eigenvalue weighted by Crippen LogP contribution is -2.46. The molecule has 3 nitrogen and oxygen atoms in total. The zero-order valence-corrected chi connectivity index (χ0v) is 10.5. The van der Waals surface area contributed by atoms with Crippen LogP contribution in [0.3, 0.4) is 0 Å². The predicted octanol–water partition coefficient (Wildman–Crippen LogP) is 1.87. The van der Waals surface area contributed by atoms with E-state index in [1.165, 1.54) is 6.07 Å². The van der Waals surface area contributed by atoms with Crippen molar-refractivity contribution in [3.05, 3.63) is 35.4 Å². The van der Waals surface area contributed by atoms with Gasteiger partial charge in [0.1, 0.15) is 17.2 Å². The lowest BCUT2D eigenvalue weighted by atomic mass is 10.1. The van der Waals surface area contributed by atoms with E-state index in [4.69, 9.17) is 0 Å². The molecule has 0 radical (unpaired) electrons. The van der Waals surface area contributed by atoms with Crippen molar-refractivity contribution >= 4 is 18.3 Å². The molecule has 1 aliphatic heterocycles. The van der Waals surface area contributed by atoms with Crippen molar-refractivity contribution in [2.24, 2.45) is 0 Å². The van der Waals surface area contributed by atoms with E-state index in [1.807, 2.05) is 0 Å². The highest BCUT2D eigenvalue weighted by molar-refractivity contribution is 5.94. The van der Waals surface area contributed by atoms with E-state index in [9.17, 15) is 13.6 Å². The van der Waals surface area contributed by atoms with Crippen LogP contribution in [-0.4, -0.2) is 25.0 Å². The Hall–Kier alpha value is -1.20. The molecular formula is C12H15ClF2N2O. The summed E-state index contributed by atoms with van der Waals surface area (Å²) in [5.74, 6) is -2.34. The van der Waals surface area contributed by atoms with Crippen molar-refractivity contribution in [2.75, 3.05) is 13.1 Å². The molecule has 1 fully saturated rings. The lowest BCUT2D eigenvalue weighted by Gasteiger charge is -2.23. The van der Waals surface area contributed by atoms with E-state index < -0.39 is 23.1 Å². The van der Waals surface area contributed by atoms with Crippen molar-refractivity contribution in [2.45, 2.75) is 18.9 Å². The summed E-state index contributed by atoms with van der Waals surface area (Å²) in [5.41, 5.74) is -0.502. The summed E-state index contributed by atoms with van der Waals surface area (Å²) in [6.07, 6.45) is 1.78. The van der Waals surface area contributed by atoms with Gasteiger partial charge in [0.2, 0.25) is 0 Å². The average molecular weight is 277 g/mol. The monoisotopic (exact) mass is 276 g/mol. The molecule has 18 heavy (non-hydrogen) atoms. The molecule has 0 bridgehead atoms. The number of nitrogens with one attached hydrogen (secondary N) is 2. The quantitative estimate of drug-likeness (QED) is 0.866. The van der Waals surface area contributed by atoms with Crippen LogP contribution in [0.15, 0.2) is 18.2 Å². The van der Waals surface area contributed by atoms with Crippen LogP contribution < -0.4 is 10.6 Å². The van der Waals surface area contributed by atoms with Gasteiger partial charge in [0.05, 0.1) is 0 Å². The zero-order valence-electron chi connectivity index (χ0n) is 9.71. The Morgan fingerprint density at radius 1 is 1.33 bits per heavy atom. The van der Waals surface area contributed by atoms with Gasteiger partial charge < -0.3 is 10.6 Å². The summed E-state index contributed by atoms with van der Waals surface area (Å²) in [6.45, 7) is 1.56. The molecule has 0 aromatic heterocycles. The highest BCUT2D eigenvalue weighted by atomic mass is 35.5. The zero-order chi connectivity index (χ0) is 12.3. The van der Waals surface area contributed by atoms with Gasteiger partial charge in [0, 0.05) is 12.6 Å². The predicted molar refractivity (Wildman–Crippen MR) is 67.0 cm³/mol. The molecule has 1 amide bonds. The maximum Gasteiger partial charge on any atom is 0.257 e. The third-order valence-electron chi connectivity index (χ3n) is 2.82. The van der Waals surface area contributed by atoms with Gasteiger partial charge in [-0.3, -0.25) is 4.79 Å². The van der Waals surface area contributed by atoms with Gasteiger partial charge in [0.25, 0.3) is 5.91 Å². The van der Waals surface area contributed by atoms with E-state index in [1.54, 1.807) is 0 Å². The molecule has 0 saturated carbocycles. The lowest BCUT2D eigenvalue weighted by molar-refractivity contribution is 0.0922.